The van der Waals surface area contributed by atoms with Crippen LogP contribution in [-0.2, 0) is 4.74 Å². The SMILES string of the molecule is COCCNC(=O)c1ccc(Nc2ccc(F)c(F)c2)cn1. The Hall–Kier alpha value is -2.54. The molecule has 0 aliphatic heterocycles. The van der Waals surface area contributed by atoms with Gasteiger partial charge in [-0.1, -0.05) is 0 Å². The van der Waals surface area contributed by atoms with Crippen molar-refractivity contribution >= 4 is 17.3 Å². The van der Waals surface area contributed by atoms with Crippen LogP contribution in [-0.4, -0.2) is 31.2 Å². The molecule has 1 aromatic carbocycles. The molecule has 5 nitrogen and oxygen atoms in total. The van der Waals surface area contributed by atoms with Gasteiger partial charge in [-0.2, -0.15) is 0 Å². The number of ether oxygens (including phenoxy) is 1. The van der Waals surface area contributed by atoms with Gasteiger partial charge in [-0.15, -0.1) is 0 Å². The lowest BCUT2D eigenvalue weighted by atomic mass is 10.2. The quantitative estimate of drug-likeness (QED) is 0.805. The third kappa shape index (κ3) is 4.23. The highest BCUT2D eigenvalue weighted by atomic mass is 19.2. The number of nitrogens with one attached hydrogen (secondary N) is 2. The number of nitrogens with zero attached hydrogens (tertiary/aromatic N) is 1. The third-order valence-electron chi connectivity index (χ3n) is 2.80. The van der Waals surface area contributed by atoms with Crippen molar-refractivity contribution in [1.82, 2.24) is 10.3 Å². The second-order valence-electron chi connectivity index (χ2n) is 4.43. The molecule has 0 atom stereocenters. The zero-order chi connectivity index (χ0) is 15.9. The Morgan fingerprint density at radius 2 is 1.95 bits per heavy atom. The molecule has 0 fully saturated rings. The molecule has 1 aromatic heterocycles. The molecule has 0 radical (unpaired) electrons. The molecule has 7 heteroatoms. The van der Waals surface area contributed by atoms with E-state index in [1.807, 2.05) is 0 Å². The zero-order valence-corrected chi connectivity index (χ0v) is 11.9. The molecule has 0 unspecified atom stereocenters. The topological polar surface area (TPSA) is 63.2 Å². The summed E-state index contributed by atoms with van der Waals surface area (Å²) in [5, 5.41) is 5.51. The van der Waals surface area contributed by atoms with E-state index in [9.17, 15) is 13.6 Å². The van der Waals surface area contributed by atoms with Crippen molar-refractivity contribution in [2.75, 3.05) is 25.6 Å². The van der Waals surface area contributed by atoms with Gasteiger partial charge < -0.3 is 15.4 Å². The van der Waals surface area contributed by atoms with E-state index < -0.39 is 11.6 Å². The number of halogens is 2. The zero-order valence-electron chi connectivity index (χ0n) is 11.9. The minimum atomic E-state index is -0.938. The summed E-state index contributed by atoms with van der Waals surface area (Å²) in [6, 6.07) is 6.64. The molecule has 0 spiro atoms. The van der Waals surface area contributed by atoms with Crippen molar-refractivity contribution in [1.29, 1.82) is 0 Å². The molecular formula is C15H15F2N3O2. The Labute approximate surface area is 126 Å². The molecule has 0 saturated heterocycles. The van der Waals surface area contributed by atoms with Crippen molar-refractivity contribution in [2.45, 2.75) is 0 Å². The molecule has 116 valence electrons. The second kappa shape index (κ2) is 7.46. The van der Waals surface area contributed by atoms with Gasteiger partial charge in [-0.3, -0.25) is 4.79 Å². The average Bonchev–Trinajstić information content (AvgIpc) is 2.52. The number of methoxy groups -OCH3 is 1. The number of amides is 1. The van der Waals surface area contributed by atoms with Gasteiger partial charge in [0.05, 0.1) is 18.5 Å². The van der Waals surface area contributed by atoms with Crippen LogP contribution in [0.4, 0.5) is 20.2 Å². The van der Waals surface area contributed by atoms with E-state index in [-0.39, 0.29) is 11.6 Å². The van der Waals surface area contributed by atoms with E-state index in [4.69, 9.17) is 4.74 Å². The average molecular weight is 307 g/mol. The molecule has 22 heavy (non-hydrogen) atoms. The van der Waals surface area contributed by atoms with Crippen molar-refractivity contribution in [3.8, 4) is 0 Å². The number of aromatic nitrogens is 1. The molecule has 1 amide bonds. The van der Waals surface area contributed by atoms with Crippen LogP contribution < -0.4 is 10.6 Å². The van der Waals surface area contributed by atoms with Crippen molar-refractivity contribution in [3.05, 3.63) is 53.9 Å². The van der Waals surface area contributed by atoms with Crippen LogP contribution in [0.2, 0.25) is 0 Å². The van der Waals surface area contributed by atoms with Gasteiger partial charge in [-0.25, -0.2) is 13.8 Å². The number of hydrogen-bond donors (Lipinski definition) is 2. The van der Waals surface area contributed by atoms with Crippen LogP contribution in [0.3, 0.4) is 0 Å². The smallest absolute Gasteiger partial charge is 0.269 e. The maximum atomic E-state index is 13.1. The Morgan fingerprint density at radius 3 is 2.59 bits per heavy atom. The van der Waals surface area contributed by atoms with E-state index in [1.165, 1.54) is 18.3 Å². The highest BCUT2D eigenvalue weighted by Gasteiger charge is 2.07. The fourth-order valence-electron chi connectivity index (χ4n) is 1.70. The lowest BCUT2D eigenvalue weighted by Gasteiger charge is -2.08. The molecule has 0 aliphatic rings. The first-order valence-corrected chi connectivity index (χ1v) is 6.55. The molecule has 1 heterocycles. The maximum absolute atomic E-state index is 13.1. The van der Waals surface area contributed by atoms with Crippen LogP contribution in [0.25, 0.3) is 0 Å². The van der Waals surface area contributed by atoms with E-state index >= 15 is 0 Å². The van der Waals surface area contributed by atoms with Gasteiger partial charge in [0, 0.05) is 25.4 Å². The first-order chi connectivity index (χ1) is 10.6. The minimum Gasteiger partial charge on any atom is -0.383 e. The van der Waals surface area contributed by atoms with E-state index in [2.05, 4.69) is 15.6 Å². The van der Waals surface area contributed by atoms with Crippen LogP contribution in [0.5, 0.6) is 0 Å². The molecule has 2 aromatic rings. The van der Waals surface area contributed by atoms with Gasteiger partial charge in [0.2, 0.25) is 0 Å². The third-order valence-corrected chi connectivity index (χ3v) is 2.80. The van der Waals surface area contributed by atoms with E-state index in [0.29, 0.717) is 24.5 Å². The van der Waals surface area contributed by atoms with Crippen LogP contribution in [0.1, 0.15) is 10.5 Å². The monoisotopic (exact) mass is 307 g/mol. The normalized spacial score (nSPS) is 10.3. The lowest BCUT2D eigenvalue weighted by molar-refractivity contribution is 0.0932. The first kappa shape index (κ1) is 15.8. The molecule has 0 saturated carbocycles. The predicted octanol–water partition coefficient (Wildman–Crippen LogP) is 2.48. The van der Waals surface area contributed by atoms with E-state index in [1.54, 1.807) is 13.2 Å². The van der Waals surface area contributed by atoms with Crippen LogP contribution in [0, 0.1) is 11.6 Å². The molecule has 0 bridgehead atoms. The number of carbonyl (C=O) groups excluding carboxylic acids is 1. The summed E-state index contributed by atoms with van der Waals surface area (Å²) < 4.78 is 30.8. The summed E-state index contributed by atoms with van der Waals surface area (Å²) in [5.41, 5.74) is 1.20. The first-order valence-electron chi connectivity index (χ1n) is 6.55. The summed E-state index contributed by atoms with van der Waals surface area (Å²) in [4.78, 5) is 15.7. The minimum absolute atomic E-state index is 0.256. The largest absolute Gasteiger partial charge is 0.383 e. The number of pyridine rings is 1. The van der Waals surface area contributed by atoms with E-state index in [0.717, 1.165) is 12.1 Å². The van der Waals surface area contributed by atoms with Gasteiger partial charge in [0.25, 0.3) is 5.91 Å². The lowest BCUT2D eigenvalue weighted by Crippen LogP contribution is -2.27. The predicted molar refractivity (Wildman–Crippen MR) is 78.1 cm³/mol. The maximum Gasteiger partial charge on any atom is 0.269 e. The Bertz CT molecular complexity index is 648. The summed E-state index contributed by atoms with van der Waals surface area (Å²) in [6.07, 6.45) is 1.44. The summed E-state index contributed by atoms with van der Waals surface area (Å²) in [7, 11) is 1.54. The highest BCUT2D eigenvalue weighted by molar-refractivity contribution is 5.92. The van der Waals surface area contributed by atoms with Gasteiger partial charge >= 0.3 is 0 Å². The van der Waals surface area contributed by atoms with Crippen molar-refractivity contribution < 1.29 is 18.3 Å². The highest BCUT2D eigenvalue weighted by Crippen LogP contribution is 2.18. The fourth-order valence-corrected chi connectivity index (χ4v) is 1.70. The van der Waals surface area contributed by atoms with Crippen LogP contribution >= 0.6 is 0 Å². The molecular weight excluding hydrogens is 292 g/mol. The number of benzene rings is 1. The van der Waals surface area contributed by atoms with Gasteiger partial charge in [0.1, 0.15) is 5.69 Å². The summed E-state index contributed by atoms with van der Waals surface area (Å²) in [6.45, 7) is 0.813. The summed E-state index contributed by atoms with van der Waals surface area (Å²) >= 11 is 0. The number of carbonyl (C=O) groups is 1. The second-order valence-corrected chi connectivity index (χ2v) is 4.43. The number of hydrogen-bond acceptors (Lipinski definition) is 4. The van der Waals surface area contributed by atoms with Crippen molar-refractivity contribution in [3.63, 3.8) is 0 Å². The molecule has 2 rings (SSSR count). The molecule has 0 aliphatic carbocycles. The number of rotatable bonds is 6. The Kier molecular flexibility index (Phi) is 5.37. The van der Waals surface area contributed by atoms with Gasteiger partial charge in [0.15, 0.2) is 11.6 Å². The summed E-state index contributed by atoms with van der Waals surface area (Å²) in [5.74, 6) is -2.16. The van der Waals surface area contributed by atoms with Crippen LogP contribution in [0.15, 0.2) is 36.5 Å². The molecule has 2 N–H and O–H groups in total. The number of anilines is 2. The Balaban J connectivity index is 1.99. The van der Waals surface area contributed by atoms with Crippen molar-refractivity contribution in [2.24, 2.45) is 0 Å². The standard InChI is InChI=1S/C15H15F2N3O2/c1-22-7-6-18-15(21)14-5-3-11(9-19-14)20-10-2-4-12(16)13(17)8-10/h2-5,8-9,20H,6-7H2,1H3,(H,18,21). The Morgan fingerprint density at radius 1 is 1.18 bits per heavy atom. The van der Waals surface area contributed by atoms with Gasteiger partial charge in [-0.05, 0) is 24.3 Å². The fraction of sp³-hybridized carbons (Fsp3) is 0.200.